The Morgan fingerprint density at radius 1 is 0.818 bits per heavy atom. The molecule has 33 heavy (non-hydrogen) atoms. The average Bonchev–Trinajstić information content (AvgIpc) is 2.78. The summed E-state index contributed by atoms with van der Waals surface area (Å²) in [6.45, 7) is 6.76. The zero-order valence-corrected chi connectivity index (χ0v) is 20.3. The van der Waals surface area contributed by atoms with Crippen LogP contribution < -0.4 is 24.8 Å². The smallest absolute Gasteiger partial charge is 0.263 e. The number of ether oxygens (including phenoxy) is 2. The third kappa shape index (κ3) is 6.84. The molecule has 0 spiro atoms. The highest BCUT2D eigenvalue weighted by Gasteiger charge is 2.20. The van der Waals surface area contributed by atoms with Crippen molar-refractivity contribution in [1.82, 2.24) is 0 Å². The summed E-state index contributed by atoms with van der Waals surface area (Å²) in [6.07, 6.45) is 0. The summed E-state index contributed by atoms with van der Waals surface area (Å²) >= 11 is 5.40. The Kier molecular flexibility index (Phi) is 8.13. The lowest BCUT2D eigenvalue weighted by atomic mass is 10.2. The van der Waals surface area contributed by atoms with Gasteiger partial charge < -0.3 is 20.1 Å². The van der Waals surface area contributed by atoms with Crippen LogP contribution in [0.25, 0.3) is 0 Å². The summed E-state index contributed by atoms with van der Waals surface area (Å²) in [5.41, 5.74) is 2.35. The van der Waals surface area contributed by atoms with Crippen molar-refractivity contribution < 1.29 is 17.9 Å². The van der Waals surface area contributed by atoms with Crippen LogP contribution in [0.5, 0.6) is 11.5 Å². The SMILES string of the molecule is CCOc1ccc(NC(=S)Nc2ccc(C)cc2S(=O)(=O)Nc2ccc(OCC)cc2)cc1. The molecule has 0 bridgehead atoms. The molecule has 0 aromatic heterocycles. The highest BCUT2D eigenvalue weighted by molar-refractivity contribution is 7.93. The first-order valence-electron chi connectivity index (χ1n) is 10.5. The third-order valence-corrected chi connectivity index (χ3v) is 6.14. The highest BCUT2D eigenvalue weighted by Crippen LogP contribution is 2.26. The number of anilines is 3. The number of hydrogen-bond acceptors (Lipinski definition) is 5. The molecule has 0 radical (unpaired) electrons. The molecular weight excluding hydrogens is 458 g/mol. The Bertz CT molecular complexity index is 1200. The maximum Gasteiger partial charge on any atom is 0.263 e. The molecule has 0 fully saturated rings. The van der Waals surface area contributed by atoms with E-state index in [1.807, 2.05) is 51.1 Å². The summed E-state index contributed by atoms with van der Waals surface area (Å²) in [7, 11) is -3.88. The van der Waals surface area contributed by atoms with E-state index in [0.29, 0.717) is 30.3 Å². The lowest BCUT2D eigenvalue weighted by molar-refractivity contribution is 0.340. The summed E-state index contributed by atoms with van der Waals surface area (Å²) in [6, 6.07) is 19.2. The summed E-state index contributed by atoms with van der Waals surface area (Å²) in [5, 5.41) is 6.31. The molecule has 0 amide bonds. The number of thiocarbonyl (C=S) groups is 1. The van der Waals surface area contributed by atoms with Crippen LogP contribution in [0.3, 0.4) is 0 Å². The Hall–Kier alpha value is -3.30. The first kappa shape index (κ1) is 24.3. The molecule has 7 nitrogen and oxygen atoms in total. The number of benzene rings is 3. The van der Waals surface area contributed by atoms with Crippen LogP contribution in [0, 0.1) is 6.92 Å². The van der Waals surface area contributed by atoms with Gasteiger partial charge in [0.05, 0.1) is 18.9 Å². The van der Waals surface area contributed by atoms with Crippen LogP contribution in [0.1, 0.15) is 19.4 Å². The van der Waals surface area contributed by atoms with E-state index >= 15 is 0 Å². The first-order valence-corrected chi connectivity index (χ1v) is 12.4. The first-order chi connectivity index (χ1) is 15.8. The third-order valence-electron chi connectivity index (χ3n) is 4.52. The fourth-order valence-electron chi connectivity index (χ4n) is 3.04. The molecule has 3 aromatic carbocycles. The van der Waals surface area contributed by atoms with Gasteiger partial charge in [0.25, 0.3) is 10.0 Å². The van der Waals surface area contributed by atoms with E-state index in [9.17, 15) is 8.42 Å². The average molecular weight is 486 g/mol. The molecule has 3 rings (SSSR count). The molecular formula is C24H27N3O4S2. The van der Waals surface area contributed by atoms with Gasteiger partial charge in [0.2, 0.25) is 0 Å². The minimum absolute atomic E-state index is 0.0900. The summed E-state index contributed by atoms with van der Waals surface area (Å²) in [4.78, 5) is 0.0900. The van der Waals surface area contributed by atoms with Crippen molar-refractivity contribution in [2.24, 2.45) is 0 Å². The van der Waals surface area contributed by atoms with E-state index in [1.165, 1.54) is 0 Å². The summed E-state index contributed by atoms with van der Waals surface area (Å²) in [5.74, 6) is 1.43. The number of aryl methyl sites for hydroxylation is 1. The monoisotopic (exact) mass is 485 g/mol. The van der Waals surface area contributed by atoms with E-state index in [1.54, 1.807) is 36.4 Å². The normalized spacial score (nSPS) is 10.9. The zero-order valence-electron chi connectivity index (χ0n) is 18.7. The van der Waals surface area contributed by atoms with E-state index in [-0.39, 0.29) is 10.0 Å². The highest BCUT2D eigenvalue weighted by atomic mass is 32.2. The molecule has 0 heterocycles. The standard InChI is InChI=1S/C24H27N3O4S2/c1-4-30-20-11-7-18(8-12-20)25-24(32)26-22-15-6-17(3)16-23(22)33(28,29)27-19-9-13-21(14-10-19)31-5-2/h6-16,27H,4-5H2,1-3H3,(H2,25,26,32). The van der Waals surface area contributed by atoms with Crippen LogP contribution in [0.2, 0.25) is 0 Å². The number of rotatable bonds is 9. The van der Waals surface area contributed by atoms with Gasteiger partial charge in [-0.15, -0.1) is 0 Å². The van der Waals surface area contributed by atoms with E-state index in [0.717, 1.165) is 17.0 Å². The number of sulfonamides is 1. The van der Waals surface area contributed by atoms with Crippen molar-refractivity contribution in [2.75, 3.05) is 28.6 Å². The van der Waals surface area contributed by atoms with Gasteiger partial charge in [0.1, 0.15) is 16.4 Å². The van der Waals surface area contributed by atoms with Gasteiger partial charge in [-0.1, -0.05) is 6.07 Å². The van der Waals surface area contributed by atoms with Crippen LogP contribution in [-0.4, -0.2) is 26.7 Å². The number of nitrogens with one attached hydrogen (secondary N) is 3. The second-order valence-corrected chi connectivity index (χ2v) is 9.16. The zero-order chi connectivity index (χ0) is 23.8. The Morgan fingerprint density at radius 2 is 1.36 bits per heavy atom. The lowest BCUT2D eigenvalue weighted by Gasteiger charge is -2.16. The van der Waals surface area contributed by atoms with Crippen LogP contribution in [0.15, 0.2) is 71.6 Å². The fourth-order valence-corrected chi connectivity index (χ4v) is 4.57. The molecule has 0 unspecified atom stereocenters. The topological polar surface area (TPSA) is 88.7 Å². The van der Waals surface area contributed by atoms with E-state index in [2.05, 4.69) is 15.4 Å². The van der Waals surface area contributed by atoms with Crippen molar-refractivity contribution in [3.05, 3.63) is 72.3 Å². The second-order valence-electron chi connectivity index (χ2n) is 7.10. The molecule has 174 valence electrons. The van der Waals surface area contributed by atoms with Gasteiger partial charge in [-0.2, -0.15) is 0 Å². The predicted octanol–water partition coefficient (Wildman–Crippen LogP) is 5.40. The molecule has 3 aromatic rings. The second kappa shape index (κ2) is 11.0. The molecule has 3 N–H and O–H groups in total. The molecule has 0 aliphatic heterocycles. The van der Waals surface area contributed by atoms with Crippen molar-refractivity contribution in [2.45, 2.75) is 25.7 Å². The molecule has 0 atom stereocenters. The van der Waals surface area contributed by atoms with Crippen LogP contribution in [-0.2, 0) is 10.0 Å². The van der Waals surface area contributed by atoms with Gasteiger partial charge in [0.15, 0.2) is 5.11 Å². The molecule has 9 heteroatoms. The Morgan fingerprint density at radius 3 is 1.91 bits per heavy atom. The number of hydrogen-bond donors (Lipinski definition) is 3. The van der Waals surface area contributed by atoms with Crippen molar-refractivity contribution in [3.8, 4) is 11.5 Å². The minimum atomic E-state index is -3.88. The van der Waals surface area contributed by atoms with Gasteiger partial charge >= 0.3 is 0 Å². The molecule has 0 aliphatic rings. The molecule has 0 saturated carbocycles. The van der Waals surface area contributed by atoms with Gasteiger partial charge in [0, 0.05) is 11.4 Å². The predicted molar refractivity (Wildman–Crippen MR) is 137 cm³/mol. The maximum atomic E-state index is 13.2. The van der Waals surface area contributed by atoms with Gasteiger partial charge in [-0.3, -0.25) is 4.72 Å². The molecule has 0 aliphatic carbocycles. The van der Waals surface area contributed by atoms with Crippen molar-refractivity contribution >= 4 is 44.4 Å². The molecule has 0 saturated heterocycles. The van der Waals surface area contributed by atoms with Crippen LogP contribution >= 0.6 is 12.2 Å². The van der Waals surface area contributed by atoms with Gasteiger partial charge in [-0.05, 0) is 99.2 Å². The van der Waals surface area contributed by atoms with Crippen LogP contribution in [0.4, 0.5) is 17.1 Å². The van der Waals surface area contributed by atoms with Gasteiger partial charge in [-0.25, -0.2) is 8.42 Å². The minimum Gasteiger partial charge on any atom is -0.494 e. The van der Waals surface area contributed by atoms with Crippen molar-refractivity contribution in [3.63, 3.8) is 0 Å². The van der Waals surface area contributed by atoms with E-state index in [4.69, 9.17) is 21.7 Å². The fraction of sp³-hybridized carbons (Fsp3) is 0.208. The van der Waals surface area contributed by atoms with E-state index < -0.39 is 10.0 Å². The lowest BCUT2D eigenvalue weighted by Crippen LogP contribution is -2.22. The largest absolute Gasteiger partial charge is 0.494 e. The maximum absolute atomic E-state index is 13.2. The Balaban J connectivity index is 1.76. The quantitative estimate of drug-likeness (QED) is 0.350. The Labute approximate surface area is 200 Å². The summed E-state index contributed by atoms with van der Waals surface area (Å²) < 4.78 is 39.8. The van der Waals surface area contributed by atoms with Crippen molar-refractivity contribution in [1.29, 1.82) is 0 Å².